The number of amides is 1. The number of rotatable bonds is 6. The molecule has 2 aromatic rings. The summed E-state index contributed by atoms with van der Waals surface area (Å²) in [6, 6.07) is 9.02. The zero-order valence-corrected chi connectivity index (χ0v) is 16.5. The zero-order chi connectivity index (χ0) is 22.4. The fourth-order valence-electron chi connectivity index (χ4n) is 3.23. The molecule has 0 spiro atoms. The highest BCUT2D eigenvalue weighted by Gasteiger charge is 2.40. The summed E-state index contributed by atoms with van der Waals surface area (Å²) in [6.07, 6.45) is -1.60. The van der Waals surface area contributed by atoms with Crippen molar-refractivity contribution in [3.63, 3.8) is 0 Å². The molecule has 1 amide bonds. The maximum atomic E-state index is 12.6. The van der Waals surface area contributed by atoms with Crippen LogP contribution in [0.1, 0.15) is 29.9 Å². The average molecular weight is 428 g/mol. The maximum absolute atomic E-state index is 12.6. The Hall–Kier alpha value is -3.73. The molecule has 4 atom stereocenters. The molecule has 2 heterocycles. The lowest BCUT2D eigenvalue weighted by atomic mass is 9.99. The van der Waals surface area contributed by atoms with Crippen LogP contribution in [0.3, 0.4) is 0 Å². The predicted octanol–water partition coefficient (Wildman–Crippen LogP) is 1.39. The quantitative estimate of drug-likeness (QED) is 0.303. The molecular formula is C19H20N6O6. The molecule has 12 nitrogen and oxygen atoms in total. The third kappa shape index (κ3) is 5.25. The number of esters is 1. The lowest BCUT2D eigenvalue weighted by Gasteiger charge is -2.39. The minimum Gasteiger partial charge on any atom is -0.458 e. The number of aliphatic hydroxyl groups is 1. The Balaban J connectivity index is 1.85. The first kappa shape index (κ1) is 22.0. The number of anilines is 1. The SMILES string of the molecule is CC(=O)O[C@@H]1C[C@H](N=[N+]=[N-])[C@@H](CO)O[C@H]1n1ccc(NC(=O)c2ccccc2)nc1=O. The molecule has 3 rings (SSSR count). The highest BCUT2D eigenvalue weighted by Crippen LogP contribution is 2.31. The van der Waals surface area contributed by atoms with Gasteiger partial charge in [0.2, 0.25) is 0 Å². The van der Waals surface area contributed by atoms with Gasteiger partial charge in [0.05, 0.1) is 18.8 Å². The fourth-order valence-corrected chi connectivity index (χ4v) is 3.23. The second kappa shape index (κ2) is 9.85. The molecule has 1 aromatic carbocycles. The van der Waals surface area contributed by atoms with Crippen LogP contribution in [0, 0.1) is 0 Å². The summed E-state index contributed by atoms with van der Waals surface area (Å²) < 4.78 is 12.0. The first-order valence-corrected chi connectivity index (χ1v) is 9.36. The van der Waals surface area contributed by atoms with E-state index in [1.165, 1.54) is 19.2 Å². The maximum Gasteiger partial charge on any atom is 0.351 e. The van der Waals surface area contributed by atoms with Gasteiger partial charge in [-0.1, -0.05) is 23.3 Å². The van der Waals surface area contributed by atoms with Crippen LogP contribution in [0.2, 0.25) is 0 Å². The largest absolute Gasteiger partial charge is 0.458 e. The second-order valence-electron chi connectivity index (χ2n) is 6.73. The third-order valence-corrected chi connectivity index (χ3v) is 4.61. The number of hydrogen-bond donors (Lipinski definition) is 2. The van der Waals surface area contributed by atoms with Crippen molar-refractivity contribution in [2.45, 2.75) is 37.8 Å². The van der Waals surface area contributed by atoms with Crippen LogP contribution in [0.15, 0.2) is 52.5 Å². The molecule has 0 radical (unpaired) electrons. The Morgan fingerprint density at radius 3 is 2.74 bits per heavy atom. The number of hydrogen-bond acceptors (Lipinski definition) is 8. The highest BCUT2D eigenvalue weighted by molar-refractivity contribution is 6.03. The number of nitrogens with zero attached hydrogens (tertiary/aromatic N) is 5. The molecule has 1 aliphatic rings. The van der Waals surface area contributed by atoms with E-state index in [-0.39, 0.29) is 12.2 Å². The number of aliphatic hydroxyl groups excluding tert-OH is 1. The van der Waals surface area contributed by atoms with Crippen LogP contribution >= 0.6 is 0 Å². The predicted molar refractivity (Wildman–Crippen MR) is 107 cm³/mol. The van der Waals surface area contributed by atoms with E-state index in [4.69, 9.17) is 15.0 Å². The van der Waals surface area contributed by atoms with Gasteiger partial charge in [-0.25, -0.2) is 4.79 Å². The molecule has 2 N–H and O–H groups in total. The molecule has 1 aliphatic heterocycles. The Morgan fingerprint density at radius 1 is 1.39 bits per heavy atom. The van der Waals surface area contributed by atoms with Gasteiger partial charge in [-0.15, -0.1) is 0 Å². The summed E-state index contributed by atoms with van der Waals surface area (Å²) >= 11 is 0. The number of carbonyl (C=O) groups excluding carboxylic acids is 2. The van der Waals surface area contributed by atoms with Crippen LogP contribution in [0.5, 0.6) is 0 Å². The Kier molecular flexibility index (Phi) is 6.98. The Labute approximate surface area is 176 Å². The van der Waals surface area contributed by atoms with E-state index < -0.39 is 48.7 Å². The van der Waals surface area contributed by atoms with Crippen molar-refractivity contribution in [2.24, 2.45) is 5.11 Å². The lowest BCUT2D eigenvalue weighted by molar-refractivity contribution is -0.195. The van der Waals surface area contributed by atoms with Crippen LogP contribution in [-0.2, 0) is 14.3 Å². The summed E-state index contributed by atoms with van der Waals surface area (Å²) in [5.41, 5.74) is 8.35. The van der Waals surface area contributed by atoms with E-state index in [0.717, 1.165) is 4.57 Å². The van der Waals surface area contributed by atoms with Crippen molar-refractivity contribution in [2.75, 3.05) is 11.9 Å². The van der Waals surface area contributed by atoms with Crippen molar-refractivity contribution >= 4 is 17.7 Å². The molecule has 0 aliphatic carbocycles. The number of benzene rings is 1. The Morgan fingerprint density at radius 2 is 2.13 bits per heavy atom. The van der Waals surface area contributed by atoms with E-state index >= 15 is 0 Å². The van der Waals surface area contributed by atoms with Gasteiger partial charge in [-0.05, 0) is 30.2 Å². The van der Waals surface area contributed by atoms with E-state index in [0.29, 0.717) is 5.56 Å². The van der Waals surface area contributed by atoms with E-state index in [1.54, 1.807) is 30.3 Å². The summed E-state index contributed by atoms with van der Waals surface area (Å²) in [5.74, 6) is -1.02. The van der Waals surface area contributed by atoms with Crippen molar-refractivity contribution in [1.82, 2.24) is 9.55 Å². The minimum atomic E-state index is -1.11. The van der Waals surface area contributed by atoms with Gasteiger partial charge in [0.1, 0.15) is 11.9 Å². The van der Waals surface area contributed by atoms with Gasteiger partial charge < -0.3 is 19.9 Å². The van der Waals surface area contributed by atoms with Crippen molar-refractivity contribution in [1.29, 1.82) is 0 Å². The molecule has 0 bridgehead atoms. The molecule has 31 heavy (non-hydrogen) atoms. The average Bonchev–Trinajstić information content (AvgIpc) is 2.75. The summed E-state index contributed by atoms with van der Waals surface area (Å²) in [5, 5.41) is 15.7. The van der Waals surface area contributed by atoms with E-state index in [2.05, 4.69) is 20.3 Å². The van der Waals surface area contributed by atoms with Crippen LogP contribution < -0.4 is 11.0 Å². The molecule has 1 aromatic heterocycles. The molecule has 0 unspecified atom stereocenters. The molecular weight excluding hydrogens is 408 g/mol. The molecule has 1 saturated heterocycles. The number of aromatic nitrogens is 2. The standard InChI is InChI=1S/C19H20N6O6/c1-11(27)30-14-9-13(23-24-20)15(10-26)31-18(14)25-8-7-16(22-19(25)29)21-17(28)12-5-3-2-4-6-12/h2-8,13-15,18,26H,9-10H2,1H3,(H,21,22,28,29)/t13-,14+,15+,18+/m0/s1. The number of nitrogens with one attached hydrogen (secondary N) is 1. The molecule has 1 fully saturated rings. The second-order valence-corrected chi connectivity index (χ2v) is 6.73. The first-order chi connectivity index (χ1) is 14.9. The summed E-state index contributed by atoms with van der Waals surface area (Å²) in [4.78, 5) is 43.0. The first-order valence-electron chi connectivity index (χ1n) is 9.36. The minimum absolute atomic E-state index is 0.0283. The van der Waals surface area contributed by atoms with E-state index in [9.17, 15) is 19.5 Å². The number of azide groups is 1. The van der Waals surface area contributed by atoms with Gasteiger partial charge in [0, 0.05) is 23.6 Å². The topological polar surface area (TPSA) is 169 Å². The van der Waals surface area contributed by atoms with E-state index in [1.807, 2.05) is 0 Å². The van der Waals surface area contributed by atoms with Gasteiger partial charge in [-0.3, -0.25) is 14.2 Å². The van der Waals surface area contributed by atoms with Crippen LogP contribution in [-0.4, -0.2) is 51.4 Å². The van der Waals surface area contributed by atoms with Crippen LogP contribution in [0.4, 0.5) is 5.82 Å². The van der Waals surface area contributed by atoms with Gasteiger partial charge in [0.15, 0.2) is 6.23 Å². The highest BCUT2D eigenvalue weighted by atomic mass is 16.6. The van der Waals surface area contributed by atoms with Gasteiger partial charge >= 0.3 is 11.7 Å². The summed E-state index contributed by atoms with van der Waals surface area (Å²) in [7, 11) is 0. The third-order valence-electron chi connectivity index (χ3n) is 4.61. The Bertz CT molecular complexity index is 1050. The van der Waals surface area contributed by atoms with Crippen molar-refractivity contribution in [3.8, 4) is 0 Å². The number of carbonyl (C=O) groups is 2. The monoisotopic (exact) mass is 428 g/mol. The summed E-state index contributed by atoms with van der Waals surface area (Å²) in [6.45, 7) is 0.724. The van der Waals surface area contributed by atoms with Crippen molar-refractivity contribution in [3.05, 3.63) is 69.1 Å². The molecule has 162 valence electrons. The van der Waals surface area contributed by atoms with Crippen molar-refractivity contribution < 1.29 is 24.2 Å². The van der Waals surface area contributed by atoms with Gasteiger partial charge in [0.25, 0.3) is 5.91 Å². The zero-order valence-electron chi connectivity index (χ0n) is 16.5. The normalized spacial score (nSPS) is 22.8. The fraction of sp³-hybridized carbons (Fsp3) is 0.368. The lowest BCUT2D eigenvalue weighted by Crippen LogP contribution is -2.49. The van der Waals surface area contributed by atoms with Crippen LogP contribution in [0.25, 0.3) is 10.4 Å². The molecule has 12 heteroatoms. The smallest absolute Gasteiger partial charge is 0.351 e. The molecule has 0 saturated carbocycles. The van der Waals surface area contributed by atoms with Gasteiger partial charge in [-0.2, -0.15) is 4.98 Å². The number of ether oxygens (including phenoxy) is 2.